The minimum Gasteiger partial charge on any atom is -0.480 e. The van der Waals surface area contributed by atoms with E-state index in [0.717, 1.165) is 24.0 Å². The highest BCUT2D eigenvalue weighted by Gasteiger charge is 2.31. The number of aliphatic carboxylic acids is 1. The molecule has 0 heterocycles. The molecule has 2 aromatic rings. The van der Waals surface area contributed by atoms with Crippen LogP contribution in [0.1, 0.15) is 49.7 Å². The molecule has 2 aliphatic carbocycles. The molecular weight excluding hydrogens is 432 g/mol. The van der Waals surface area contributed by atoms with Crippen molar-refractivity contribution in [2.45, 2.75) is 50.6 Å². The van der Waals surface area contributed by atoms with Crippen LogP contribution < -0.4 is 10.6 Å². The number of hydrogen-bond donors (Lipinski definition) is 3. The quantitative estimate of drug-likeness (QED) is 0.484. The van der Waals surface area contributed by atoms with E-state index >= 15 is 0 Å². The van der Waals surface area contributed by atoms with E-state index in [-0.39, 0.29) is 24.5 Å². The summed E-state index contributed by atoms with van der Waals surface area (Å²) in [4.78, 5) is 36.4. The SMILES string of the molecule is CCCCC(NC(=O)C1C=CC(NC(=O)OCC2c3ccccc3-c3ccccc32)C1)C(=O)O. The lowest BCUT2D eigenvalue weighted by Crippen LogP contribution is -2.43. The Morgan fingerprint density at radius 1 is 1.03 bits per heavy atom. The summed E-state index contributed by atoms with van der Waals surface area (Å²) in [6.07, 6.45) is 5.28. The van der Waals surface area contributed by atoms with Crippen LogP contribution in [0.2, 0.25) is 0 Å². The van der Waals surface area contributed by atoms with E-state index in [1.165, 1.54) is 11.1 Å². The van der Waals surface area contributed by atoms with E-state index in [9.17, 15) is 19.5 Å². The topological polar surface area (TPSA) is 105 Å². The Morgan fingerprint density at radius 3 is 2.29 bits per heavy atom. The summed E-state index contributed by atoms with van der Waals surface area (Å²) in [7, 11) is 0. The molecule has 4 rings (SSSR count). The second kappa shape index (κ2) is 10.5. The average Bonchev–Trinajstić information content (AvgIpc) is 3.43. The number of carboxylic acid groups (broad SMARTS) is 1. The fraction of sp³-hybridized carbons (Fsp3) is 0.370. The van der Waals surface area contributed by atoms with E-state index in [4.69, 9.17) is 4.74 Å². The molecule has 0 saturated carbocycles. The van der Waals surface area contributed by atoms with Crippen LogP contribution in [0.4, 0.5) is 4.79 Å². The molecule has 3 unspecified atom stereocenters. The van der Waals surface area contributed by atoms with Gasteiger partial charge in [0, 0.05) is 5.92 Å². The molecule has 2 aliphatic rings. The van der Waals surface area contributed by atoms with Gasteiger partial charge in [-0.25, -0.2) is 9.59 Å². The van der Waals surface area contributed by atoms with E-state index in [2.05, 4.69) is 34.9 Å². The molecular formula is C27H30N2O5. The fourth-order valence-corrected chi connectivity index (χ4v) is 4.74. The van der Waals surface area contributed by atoms with E-state index in [1.54, 1.807) is 12.2 Å². The Labute approximate surface area is 199 Å². The van der Waals surface area contributed by atoms with Crippen molar-refractivity contribution in [1.82, 2.24) is 10.6 Å². The van der Waals surface area contributed by atoms with Crippen molar-refractivity contribution in [2.75, 3.05) is 6.61 Å². The number of ether oxygens (including phenoxy) is 1. The Balaban J connectivity index is 1.28. The van der Waals surface area contributed by atoms with E-state index in [0.29, 0.717) is 12.8 Å². The number of carboxylic acids is 1. The Hall–Kier alpha value is -3.61. The predicted molar refractivity (Wildman–Crippen MR) is 128 cm³/mol. The van der Waals surface area contributed by atoms with Crippen molar-refractivity contribution in [3.8, 4) is 11.1 Å². The van der Waals surface area contributed by atoms with Gasteiger partial charge in [-0.3, -0.25) is 4.79 Å². The van der Waals surface area contributed by atoms with Gasteiger partial charge in [-0.1, -0.05) is 80.4 Å². The molecule has 3 atom stereocenters. The first-order chi connectivity index (χ1) is 16.5. The van der Waals surface area contributed by atoms with Crippen LogP contribution in [-0.4, -0.2) is 41.8 Å². The zero-order valence-corrected chi connectivity index (χ0v) is 19.2. The number of fused-ring (bicyclic) bond motifs is 3. The third-order valence-electron chi connectivity index (χ3n) is 6.53. The van der Waals surface area contributed by atoms with Crippen molar-refractivity contribution < 1.29 is 24.2 Å². The summed E-state index contributed by atoms with van der Waals surface area (Å²) in [5.41, 5.74) is 4.62. The van der Waals surface area contributed by atoms with Crippen LogP contribution in [0.3, 0.4) is 0 Å². The van der Waals surface area contributed by atoms with Crippen molar-refractivity contribution in [3.63, 3.8) is 0 Å². The first kappa shape index (κ1) is 23.5. The van der Waals surface area contributed by atoms with Gasteiger partial charge in [0.15, 0.2) is 0 Å². The fourth-order valence-electron chi connectivity index (χ4n) is 4.74. The average molecular weight is 463 g/mol. The molecule has 0 fully saturated rings. The third-order valence-corrected chi connectivity index (χ3v) is 6.53. The molecule has 0 aliphatic heterocycles. The van der Waals surface area contributed by atoms with Crippen LogP contribution in [0.25, 0.3) is 11.1 Å². The molecule has 34 heavy (non-hydrogen) atoms. The van der Waals surface area contributed by atoms with Gasteiger partial charge in [-0.2, -0.15) is 0 Å². The second-order valence-corrected chi connectivity index (χ2v) is 8.85. The monoisotopic (exact) mass is 462 g/mol. The molecule has 2 amide bonds. The van der Waals surface area contributed by atoms with Gasteiger partial charge in [0.1, 0.15) is 12.6 Å². The molecule has 178 valence electrons. The van der Waals surface area contributed by atoms with Gasteiger partial charge in [-0.15, -0.1) is 0 Å². The minimum absolute atomic E-state index is 0.0214. The molecule has 0 saturated heterocycles. The van der Waals surface area contributed by atoms with Crippen LogP contribution in [0.15, 0.2) is 60.7 Å². The van der Waals surface area contributed by atoms with Gasteiger partial charge in [-0.05, 0) is 35.1 Å². The van der Waals surface area contributed by atoms with Gasteiger partial charge in [0.25, 0.3) is 0 Å². The zero-order chi connectivity index (χ0) is 24.1. The highest BCUT2D eigenvalue weighted by Crippen LogP contribution is 2.44. The second-order valence-electron chi connectivity index (χ2n) is 8.85. The van der Waals surface area contributed by atoms with Crippen LogP contribution in [-0.2, 0) is 14.3 Å². The zero-order valence-electron chi connectivity index (χ0n) is 19.2. The lowest BCUT2D eigenvalue weighted by atomic mass is 9.98. The highest BCUT2D eigenvalue weighted by molar-refractivity contribution is 5.86. The molecule has 7 nitrogen and oxygen atoms in total. The van der Waals surface area contributed by atoms with Gasteiger partial charge in [0.05, 0.1) is 12.0 Å². The first-order valence-electron chi connectivity index (χ1n) is 11.8. The van der Waals surface area contributed by atoms with Gasteiger partial charge >= 0.3 is 12.1 Å². The van der Waals surface area contributed by atoms with Gasteiger partial charge in [0.2, 0.25) is 5.91 Å². The summed E-state index contributed by atoms with van der Waals surface area (Å²) in [6, 6.07) is 15.1. The number of carbonyl (C=O) groups is 3. The van der Waals surface area contributed by atoms with E-state index < -0.39 is 24.0 Å². The van der Waals surface area contributed by atoms with Crippen molar-refractivity contribution >= 4 is 18.0 Å². The lowest BCUT2D eigenvalue weighted by molar-refractivity contribution is -0.142. The summed E-state index contributed by atoms with van der Waals surface area (Å²) >= 11 is 0. The van der Waals surface area contributed by atoms with Crippen LogP contribution >= 0.6 is 0 Å². The molecule has 0 aromatic heterocycles. The van der Waals surface area contributed by atoms with Crippen molar-refractivity contribution in [3.05, 3.63) is 71.8 Å². The number of benzene rings is 2. The standard InChI is InChI=1S/C27H30N2O5/c1-2-3-12-24(26(31)32)29-25(30)17-13-14-18(15-17)28-27(33)34-16-23-21-10-6-4-8-19(21)20-9-5-7-11-22(20)23/h4-11,13-14,17-18,23-24H,2-3,12,15-16H2,1H3,(H,28,33)(H,29,30)(H,31,32). The summed E-state index contributed by atoms with van der Waals surface area (Å²) in [5.74, 6) is -1.87. The Bertz CT molecular complexity index is 1050. The van der Waals surface area contributed by atoms with Gasteiger partial charge < -0.3 is 20.5 Å². The van der Waals surface area contributed by atoms with E-state index in [1.807, 2.05) is 31.2 Å². The molecule has 2 aromatic carbocycles. The van der Waals surface area contributed by atoms with Crippen molar-refractivity contribution in [2.24, 2.45) is 5.92 Å². The number of rotatable bonds is 9. The number of alkyl carbamates (subject to hydrolysis) is 1. The normalized spacial score (nSPS) is 19.2. The summed E-state index contributed by atoms with van der Waals surface area (Å²) in [6.45, 7) is 2.19. The predicted octanol–water partition coefficient (Wildman–Crippen LogP) is 4.23. The number of nitrogens with one attached hydrogen (secondary N) is 2. The molecule has 0 bridgehead atoms. The lowest BCUT2D eigenvalue weighted by Gasteiger charge is -2.18. The Kier molecular flexibility index (Phi) is 7.30. The number of hydrogen-bond acceptors (Lipinski definition) is 4. The maximum absolute atomic E-state index is 12.5. The minimum atomic E-state index is -1.03. The maximum atomic E-state index is 12.5. The number of carbonyl (C=O) groups excluding carboxylic acids is 2. The molecule has 0 radical (unpaired) electrons. The number of amides is 2. The number of unbranched alkanes of at least 4 members (excludes halogenated alkanes) is 1. The molecule has 7 heteroatoms. The smallest absolute Gasteiger partial charge is 0.407 e. The molecule has 0 spiro atoms. The summed E-state index contributed by atoms with van der Waals surface area (Å²) in [5, 5.41) is 14.7. The maximum Gasteiger partial charge on any atom is 0.407 e. The molecule has 3 N–H and O–H groups in total. The third kappa shape index (κ3) is 5.14. The first-order valence-corrected chi connectivity index (χ1v) is 11.8. The Morgan fingerprint density at radius 2 is 1.68 bits per heavy atom. The van der Waals surface area contributed by atoms with Crippen molar-refractivity contribution in [1.29, 1.82) is 0 Å². The highest BCUT2D eigenvalue weighted by atomic mass is 16.5. The van der Waals surface area contributed by atoms with Crippen LogP contribution in [0.5, 0.6) is 0 Å². The van der Waals surface area contributed by atoms with Crippen LogP contribution in [0, 0.1) is 5.92 Å². The largest absolute Gasteiger partial charge is 0.480 e. The summed E-state index contributed by atoms with van der Waals surface area (Å²) < 4.78 is 5.58.